The van der Waals surface area contributed by atoms with Crippen molar-refractivity contribution < 1.29 is 0 Å². The molecule has 0 atom stereocenters. The van der Waals surface area contributed by atoms with Gasteiger partial charge in [0.15, 0.2) is 0 Å². The molecule has 2 aromatic rings. The Morgan fingerprint density at radius 2 is 1.95 bits per heavy atom. The molecular weight excluding hydrogens is 252 g/mol. The van der Waals surface area contributed by atoms with Gasteiger partial charge in [-0.05, 0) is 26.3 Å². The second-order valence-electron chi connectivity index (χ2n) is 5.11. The van der Waals surface area contributed by atoms with Crippen LogP contribution in [0.5, 0.6) is 0 Å². The molecule has 0 saturated heterocycles. The predicted octanol–water partition coefficient (Wildman–Crippen LogP) is 1.92. The monoisotopic (exact) mass is 276 g/mol. The van der Waals surface area contributed by atoms with E-state index in [4.69, 9.17) is 5.73 Å². The maximum atomic E-state index is 12.2. The summed E-state index contributed by atoms with van der Waals surface area (Å²) < 4.78 is 3.66. The van der Waals surface area contributed by atoms with Gasteiger partial charge in [0.25, 0.3) is 5.56 Å². The molecule has 0 aliphatic heterocycles. The summed E-state index contributed by atoms with van der Waals surface area (Å²) in [4.78, 5) is 12.2. The van der Waals surface area contributed by atoms with Crippen molar-refractivity contribution in [1.82, 2.24) is 14.2 Å². The fourth-order valence-electron chi connectivity index (χ4n) is 2.80. The molecule has 2 aromatic heterocycles. The van der Waals surface area contributed by atoms with E-state index in [9.17, 15) is 4.79 Å². The van der Waals surface area contributed by atoms with Crippen LogP contribution in [0.15, 0.2) is 16.9 Å². The average molecular weight is 276 g/mol. The highest BCUT2D eigenvalue weighted by Crippen LogP contribution is 2.22. The number of rotatable bonds is 6. The van der Waals surface area contributed by atoms with Gasteiger partial charge in [-0.15, -0.1) is 0 Å². The van der Waals surface area contributed by atoms with E-state index >= 15 is 0 Å². The van der Waals surface area contributed by atoms with Crippen molar-refractivity contribution in [2.24, 2.45) is 5.73 Å². The van der Waals surface area contributed by atoms with Gasteiger partial charge in [-0.1, -0.05) is 13.8 Å². The normalized spacial score (nSPS) is 11.7. The molecule has 0 aromatic carbocycles. The summed E-state index contributed by atoms with van der Waals surface area (Å²) in [5.74, 6) is 0.414. The molecular formula is C15H24N4O. The van der Waals surface area contributed by atoms with Crippen LogP contribution in [0.2, 0.25) is 0 Å². The second-order valence-corrected chi connectivity index (χ2v) is 5.11. The first-order chi connectivity index (χ1) is 9.65. The van der Waals surface area contributed by atoms with E-state index in [0.29, 0.717) is 18.9 Å². The third-order valence-electron chi connectivity index (χ3n) is 3.95. The molecule has 0 bridgehead atoms. The zero-order chi connectivity index (χ0) is 14.7. The van der Waals surface area contributed by atoms with E-state index in [-0.39, 0.29) is 5.56 Å². The van der Waals surface area contributed by atoms with Crippen molar-refractivity contribution >= 4 is 5.65 Å². The summed E-state index contributed by atoms with van der Waals surface area (Å²) >= 11 is 0. The van der Waals surface area contributed by atoms with Gasteiger partial charge in [0, 0.05) is 36.7 Å². The Labute approximate surface area is 119 Å². The van der Waals surface area contributed by atoms with Crippen LogP contribution >= 0.6 is 0 Å². The standard InChI is InChI=1S/C15H24N4O/c1-4-11(5-2)13-10-14-18(6-3)12(7-8-16)9-15(20)19(14)17-13/h9-11H,4-8,16H2,1-3H3. The average Bonchev–Trinajstić information content (AvgIpc) is 2.86. The zero-order valence-corrected chi connectivity index (χ0v) is 12.6. The number of aromatic nitrogens is 3. The van der Waals surface area contributed by atoms with Gasteiger partial charge < -0.3 is 10.3 Å². The summed E-state index contributed by atoms with van der Waals surface area (Å²) in [5.41, 5.74) is 8.45. The Balaban J connectivity index is 2.66. The summed E-state index contributed by atoms with van der Waals surface area (Å²) in [6.45, 7) is 7.75. The van der Waals surface area contributed by atoms with E-state index in [1.54, 1.807) is 6.07 Å². The Hall–Kier alpha value is -1.62. The van der Waals surface area contributed by atoms with Gasteiger partial charge in [0.05, 0.1) is 5.69 Å². The van der Waals surface area contributed by atoms with E-state index in [1.807, 2.05) is 0 Å². The molecule has 0 fully saturated rings. The molecule has 0 saturated carbocycles. The molecule has 20 heavy (non-hydrogen) atoms. The van der Waals surface area contributed by atoms with Crippen molar-refractivity contribution in [3.63, 3.8) is 0 Å². The Kier molecular flexibility index (Phi) is 4.60. The maximum Gasteiger partial charge on any atom is 0.274 e. The fourth-order valence-corrected chi connectivity index (χ4v) is 2.80. The van der Waals surface area contributed by atoms with E-state index in [1.165, 1.54) is 4.52 Å². The maximum absolute atomic E-state index is 12.2. The Morgan fingerprint density at radius 3 is 2.50 bits per heavy atom. The topological polar surface area (TPSA) is 65.3 Å². The lowest BCUT2D eigenvalue weighted by Crippen LogP contribution is -2.22. The van der Waals surface area contributed by atoms with Crippen LogP contribution in [0.25, 0.3) is 5.65 Å². The van der Waals surface area contributed by atoms with Crippen molar-refractivity contribution in [3.05, 3.63) is 33.9 Å². The van der Waals surface area contributed by atoms with Gasteiger partial charge in [-0.3, -0.25) is 4.79 Å². The molecule has 2 N–H and O–H groups in total. The van der Waals surface area contributed by atoms with Gasteiger partial charge in [-0.25, -0.2) is 0 Å². The van der Waals surface area contributed by atoms with Gasteiger partial charge in [-0.2, -0.15) is 9.61 Å². The molecule has 0 aliphatic carbocycles. The highest BCUT2D eigenvalue weighted by Gasteiger charge is 2.15. The van der Waals surface area contributed by atoms with Gasteiger partial charge >= 0.3 is 0 Å². The van der Waals surface area contributed by atoms with Crippen LogP contribution in [-0.4, -0.2) is 20.7 Å². The molecule has 0 amide bonds. The van der Waals surface area contributed by atoms with Crippen molar-refractivity contribution in [1.29, 1.82) is 0 Å². The van der Waals surface area contributed by atoms with Crippen molar-refractivity contribution in [2.45, 2.75) is 52.5 Å². The van der Waals surface area contributed by atoms with Crippen LogP contribution in [0, 0.1) is 0 Å². The fraction of sp³-hybridized carbons (Fsp3) is 0.600. The minimum atomic E-state index is -0.0645. The first-order valence-electron chi connectivity index (χ1n) is 7.48. The van der Waals surface area contributed by atoms with Gasteiger partial charge in [0.2, 0.25) is 0 Å². The largest absolute Gasteiger partial charge is 0.330 e. The lowest BCUT2D eigenvalue weighted by molar-refractivity contribution is 0.613. The summed E-state index contributed by atoms with van der Waals surface area (Å²) in [6, 6.07) is 3.72. The van der Waals surface area contributed by atoms with Crippen molar-refractivity contribution in [2.75, 3.05) is 6.54 Å². The first kappa shape index (κ1) is 14.8. The molecule has 2 heterocycles. The minimum absolute atomic E-state index is 0.0645. The Morgan fingerprint density at radius 1 is 1.25 bits per heavy atom. The quantitative estimate of drug-likeness (QED) is 0.876. The minimum Gasteiger partial charge on any atom is -0.330 e. The third-order valence-corrected chi connectivity index (χ3v) is 3.95. The SMILES string of the molecule is CCC(CC)c1cc2n(CC)c(CCN)cc(=O)n2n1. The molecule has 0 unspecified atom stereocenters. The Bertz CT molecular complexity index is 637. The van der Waals surface area contributed by atoms with Crippen LogP contribution in [0.3, 0.4) is 0 Å². The highest BCUT2D eigenvalue weighted by molar-refractivity contribution is 5.43. The molecule has 5 heteroatoms. The number of aryl methyl sites for hydroxylation is 1. The van der Waals surface area contributed by atoms with E-state index in [0.717, 1.165) is 36.4 Å². The van der Waals surface area contributed by atoms with Gasteiger partial charge in [0.1, 0.15) is 5.65 Å². The van der Waals surface area contributed by atoms with Crippen LogP contribution in [0.1, 0.15) is 50.9 Å². The number of fused-ring (bicyclic) bond motifs is 1. The van der Waals surface area contributed by atoms with E-state index < -0.39 is 0 Å². The zero-order valence-electron chi connectivity index (χ0n) is 12.6. The summed E-state index contributed by atoms with van der Waals surface area (Å²) in [5, 5.41) is 4.52. The number of hydrogen-bond donors (Lipinski definition) is 1. The molecule has 0 radical (unpaired) electrons. The first-order valence-corrected chi connectivity index (χ1v) is 7.48. The predicted molar refractivity (Wildman–Crippen MR) is 81.2 cm³/mol. The third kappa shape index (κ3) is 2.50. The van der Waals surface area contributed by atoms with E-state index in [2.05, 4.69) is 36.5 Å². The smallest absolute Gasteiger partial charge is 0.274 e. The van der Waals surface area contributed by atoms with Crippen molar-refractivity contribution in [3.8, 4) is 0 Å². The summed E-state index contributed by atoms with van der Waals surface area (Å²) in [6.07, 6.45) is 2.79. The summed E-state index contributed by atoms with van der Waals surface area (Å²) in [7, 11) is 0. The number of nitrogens with two attached hydrogens (primary N) is 1. The second kappa shape index (κ2) is 6.22. The number of hydrogen-bond acceptors (Lipinski definition) is 3. The highest BCUT2D eigenvalue weighted by atomic mass is 16.1. The lowest BCUT2D eigenvalue weighted by Gasteiger charge is -2.12. The molecule has 0 aliphatic rings. The molecule has 2 rings (SSSR count). The molecule has 0 spiro atoms. The lowest BCUT2D eigenvalue weighted by atomic mass is 10.00. The van der Waals surface area contributed by atoms with Crippen LogP contribution in [-0.2, 0) is 13.0 Å². The van der Waals surface area contributed by atoms with Crippen LogP contribution < -0.4 is 11.3 Å². The molecule has 5 nitrogen and oxygen atoms in total. The van der Waals surface area contributed by atoms with Crippen LogP contribution in [0.4, 0.5) is 0 Å². The molecule has 110 valence electrons. The number of nitrogens with zero attached hydrogens (tertiary/aromatic N) is 3.